The molecule has 0 aliphatic carbocycles. The highest BCUT2D eigenvalue weighted by atomic mass is 16.5. The number of benzene rings is 1. The molecule has 0 aliphatic rings. The Morgan fingerprint density at radius 2 is 1.68 bits per heavy atom. The molecule has 0 heterocycles. The molecule has 1 rings (SSSR count). The monoisotopic (exact) mass is 386 g/mol. The highest BCUT2D eigenvalue weighted by Crippen LogP contribution is 2.25. The summed E-state index contributed by atoms with van der Waals surface area (Å²) in [5.74, 6) is 0.797. The number of aromatic hydroxyl groups is 1. The predicted molar refractivity (Wildman–Crippen MR) is 115 cm³/mol. The highest BCUT2D eigenvalue weighted by Gasteiger charge is 2.04. The van der Waals surface area contributed by atoms with Gasteiger partial charge in [-0.25, -0.2) is 4.79 Å². The molecule has 154 valence electrons. The second kappa shape index (κ2) is 12.8. The molecule has 0 unspecified atom stereocenters. The molecule has 1 N–H and O–H groups in total. The van der Waals surface area contributed by atoms with E-state index in [0.717, 1.165) is 42.6 Å². The van der Waals surface area contributed by atoms with Crippen LogP contribution in [0.25, 0.3) is 0 Å². The molecule has 4 nitrogen and oxygen atoms in total. The van der Waals surface area contributed by atoms with E-state index in [9.17, 15) is 9.90 Å². The SMILES string of the molecule is CCOC(=O)/C=C(\C)CC/C=C(\C)CC/C=C(/C)Cc1cc(OC)ccc1O. The van der Waals surface area contributed by atoms with Crippen LogP contribution in [0.5, 0.6) is 11.5 Å². The van der Waals surface area contributed by atoms with Crippen LogP contribution in [0, 0.1) is 0 Å². The minimum atomic E-state index is -0.261. The van der Waals surface area contributed by atoms with Crippen LogP contribution >= 0.6 is 0 Å². The van der Waals surface area contributed by atoms with Crippen LogP contribution in [-0.2, 0) is 16.0 Å². The van der Waals surface area contributed by atoms with Gasteiger partial charge in [0.1, 0.15) is 11.5 Å². The van der Waals surface area contributed by atoms with Gasteiger partial charge in [0.25, 0.3) is 0 Å². The Balaban J connectivity index is 2.44. The average Bonchev–Trinajstić information content (AvgIpc) is 2.63. The molecule has 28 heavy (non-hydrogen) atoms. The zero-order chi connectivity index (χ0) is 20.9. The summed E-state index contributed by atoms with van der Waals surface area (Å²) in [7, 11) is 1.63. The lowest BCUT2D eigenvalue weighted by atomic mass is 10.0. The number of hydrogen-bond donors (Lipinski definition) is 1. The largest absolute Gasteiger partial charge is 0.508 e. The summed E-state index contributed by atoms with van der Waals surface area (Å²) in [6.45, 7) is 8.40. The molecule has 0 fully saturated rings. The first-order chi connectivity index (χ1) is 13.3. The van der Waals surface area contributed by atoms with E-state index >= 15 is 0 Å². The van der Waals surface area contributed by atoms with Crippen LogP contribution in [0.3, 0.4) is 0 Å². The van der Waals surface area contributed by atoms with Crippen molar-refractivity contribution >= 4 is 5.97 Å². The summed E-state index contributed by atoms with van der Waals surface area (Å²) >= 11 is 0. The topological polar surface area (TPSA) is 55.8 Å². The van der Waals surface area contributed by atoms with Gasteiger partial charge in [0.05, 0.1) is 13.7 Å². The van der Waals surface area contributed by atoms with Crippen LogP contribution in [0.2, 0.25) is 0 Å². The highest BCUT2D eigenvalue weighted by molar-refractivity contribution is 5.82. The lowest BCUT2D eigenvalue weighted by Crippen LogP contribution is -2.00. The second-order valence-electron chi connectivity index (χ2n) is 7.09. The third-order valence-electron chi connectivity index (χ3n) is 4.47. The number of allylic oxidation sites excluding steroid dienone is 5. The summed E-state index contributed by atoms with van der Waals surface area (Å²) in [5, 5.41) is 9.99. The van der Waals surface area contributed by atoms with Gasteiger partial charge >= 0.3 is 5.97 Å². The van der Waals surface area contributed by atoms with Crippen LogP contribution in [0.4, 0.5) is 0 Å². The van der Waals surface area contributed by atoms with Crippen LogP contribution in [0.1, 0.15) is 58.9 Å². The van der Waals surface area contributed by atoms with Crippen LogP contribution in [0.15, 0.2) is 53.1 Å². The summed E-state index contributed by atoms with van der Waals surface area (Å²) in [4.78, 5) is 11.4. The van der Waals surface area contributed by atoms with E-state index in [1.54, 1.807) is 25.3 Å². The molecule has 0 radical (unpaired) electrons. The number of esters is 1. The average molecular weight is 387 g/mol. The van der Waals surface area contributed by atoms with E-state index in [0.29, 0.717) is 18.8 Å². The molecular weight excluding hydrogens is 352 g/mol. The van der Waals surface area contributed by atoms with E-state index in [-0.39, 0.29) is 5.97 Å². The maximum atomic E-state index is 11.4. The number of ether oxygens (including phenoxy) is 2. The normalized spacial score (nSPS) is 12.8. The lowest BCUT2D eigenvalue weighted by Gasteiger charge is -2.08. The van der Waals surface area contributed by atoms with Crippen molar-refractivity contribution in [2.75, 3.05) is 13.7 Å². The fourth-order valence-corrected chi connectivity index (χ4v) is 2.85. The van der Waals surface area contributed by atoms with Gasteiger partial charge in [-0.2, -0.15) is 0 Å². The number of carbonyl (C=O) groups is 1. The Hall–Kier alpha value is -2.49. The number of phenolic OH excluding ortho intramolecular Hbond substituents is 1. The Kier molecular flexibility index (Phi) is 10.8. The number of carbonyl (C=O) groups excluding carboxylic acids is 1. The van der Waals surface area contributed by atoms with Crippen LogP contribution < -0.4 is 4.74 Å². The minimum Gasteiger partial charge on any atom is -0.508 e. The van der Waals surface area contributed by atoms with Gasteiger partial charge in [0, 0.05) is 11.6 Å². The van der Waals surface area contributed by atoms with Crippen molar-refractivity contribution in [2.24, 2.45) is 0 Å². The Bertz CT molecular complexity index is 726. The van der Waals surface area contributed by atoms with Gasteiger partial charge < -0.3 is 14.6 Å². The third kappa shape index (κ3) is 9.45. The van der Waals surface area contributed by atoms with Gasteiger partial charge in [-0.3, -0.25) is 0 Å². The van der Waals surface area contributed by atoms with Crippen LogP contribution in [-0.4, -0.2) is 24.8 Å². The van der Waals surface area contributed by atoms with Gasteiger partial charge in [-0.15, -0.1) is 0 Å². The van der Waals surface area contributed by atoms with Crippen molar-refractivity contribution in [1.29, 1.82) is 0 Å². The molecular formula is C24H34O4. The molecule has 1 aromatic rings. The second-order valence-corrected chi connectivity index (χ2v) is 7.09. The lowest BCUT2D eigenvalue weighted by molar-refractivity contribution is -0.137. The van der Waals surface area contributed by atoms with E-state index in [2.05, 4.69) is 26.0 Å². The maximum Gasteiger partial charge on any atom is 0.330 e. The minimum absolute atomic E-state index is 0.261. The fraction of sp³-hybridized carbons (Fsp3) is 0.458. The molecule has 0 saturated heterocycles. The van der Waals surface area contributed by atoms with Gasteiger partial charge in [-0.05, 0) is 78.0 Å². The van der Waals surface area contributed by atoms with E-state index < -0.39 is 0 Å². The third-order valence-corrected chi connectivity index (χ3v) is 4.47. The molecule has 0 aromatic heterocycles. The van der Waals surface area contributed by atoms with Crippen molar-refractivity contribution in [3.05, 3.63) is 58.7 Å². The van der Waals surface area contributed by atoms with E-state index in [1.807, 2.05) is 19.9 Å². The molecule has 1 aromatic carbocycles. The van der Waals surface area contributed by atoms with Crippen molar-refractivity contribution in [3.8, 4) is 11.5 Å². The quantitative estimate of drug-likeness (QED) is 0.292. The zero-order valence-electron chi connectivity index (χ0n) is 17.9. The van der Waals surface area contributed by atoms with Gasteiger partial charge in [0.15, 0.2) is 0 Å². The van der Waals surface area contributed by atoms with Crippen molar-refractivity contribution in [2.45, 2.75) is 59.8 Å². The summed E-state index contributed by atoms with van der Waals surface area (Å²) in [6.07, 6.45) is 10.5. The summed E-state index contributed by atoms with van der Waals surface area (Å²) < 4.78 is 10.1. The predicted octanol–water partition coefficient (Wildman–Crippen LogP) is 5.91. The summed E-state index contributed by atoms with van der Waals surface area (Å²) in [6, 6.07) is 5.31. The number of rotatable bonds is 11. The molecule has 0 atom stereocenters. The first kappa shape index (κ1) is 23.5. The van der Waals surface area contributed by atoms with E-state index in [4.69, 9.17) is 9.47 Å². The molecule has 0 saturated carbocycles. The Morgan fingerprint density at radius 3 is 2.32 bits per heavy atom. The first-order valence-corrected chi connectivity index (χ1v) is 9.86. The molecule has 4 heteroatoms. The molecule has 0 aliphatic heterocycles. The molecule has 0 amide bonds. The van der Waals surface area contributed by atoms with Crippen molar-refractivity contribution in [1.82, 2.24) is 0 Å². The number of phenols is 1. The van der Waals surface area contributed by atoms with Crippen molar-refractivity contribution in [3.63, 3.8) is 0 Å². The first-order valence-electron chi connectivity index (χ1n) is 9.86. The maximum absolute atomic E-state index is 11.4. The fourth-order valence-electron chi connectivity index (χ4n) is 2.85. The standard InChI is InChI=1S/C24H34O4/c1-6-28-24(26)16-20(4)12-8-10-18(2)9-7-11-19(3)15-21-17-22(27-5)13-14-23(21)25/h10-11,13-14,16-17,25H,6-9,12,15H2,1-5H3/b18-10+,19-11-,20-16+. The Morgan fingerprint density at radius 1 is 1.04 bits per heavy atom. The number of hydrogen-bond acceptors (Lipinski definition) is 4. The Labute approximate surface area is 169 Å². The summed E-state index contributed by atoms with van der Waals surface area (Å²) in [5.41, 5.74) is 4.49. The van der Waals surface area contributed by atoms with Crippen molar-refractivity contribution < 1.29 is 19.4 Å². The van der Waals surface area contributed by atoms with E-state index in [1.165, 1.54) is 11.1 Å². The zero-order valence-corrected chi connectivity index (χ0v) is 17.9. The molecule has 0 bridgehead atoms. The van der Waals surface area contributed by atoms with Gasteiger partial charge in [0.2, 0.25) is 0 Å². The number of methoxy groups -OCH3 is 1. The molecule has 0 spiro atoms. The smallest absolute Gasteiger partial charge is 0.330 e. The van der Waals surface area contributed by atoms with Gasteiger partial charge in [-0.1, -0.05) is 28.9 Å².